The Labute approximate surface area is 165 Å². The quantitative estimate of drug-likeness (QED) is 0.480. The van der Waals surface area contributed by atoms with Crippen LogP contribution < -0.4 is 10.3 Å². The van der Waals surface area contributed by atoms with Crippen molar-refractivity contribution in [2.24, 2.45) is 7.05 Å². The summed E-state index contributed by atoms with van der Waals surface area (Å²) >= 11 is 1.23. The molecule has 1 aromatic carbocycles. The minimum atomic E-state index is -0.487. The van der Waals surface area contributed by atoms with E-state index in [4.69, 9.17) is 9.47 Å². The molecule has 0 aliphatic carbocycles. The molecule has 0 amide bonds. The van der Waals surface area contributed by atoms with Crippen LogP contribution in [0.5, 0.6) is 5.75 Å². The first-order valence-corrected chi connectivity index (χ1v) is 9.66. The zero-order chi connectivity index (χ0) is 19.7. The van der Waals surface area contributed by atoms with Gasteiger partial charge in [-0.1, -0.05) is 18.2 Å². The molecule has 0 aliphatic rings. The Balaban J connectivity index is 1.95. The molecule has 3 heterocycles. The van der Waals surface area contributed by atoms with Gasteiger partial charge in [-0.3, -0.25) is 9.78 Å². The lowest BCUT2D eigenvalue weighted by Gasteiger charge is -2.09. The van der Waals surface area contributed by atoms with Crippen LogP contribution in [0, 0.1) is 0 Å². The number of esters is 1. The van der Waals surface area contributed by atoms with Gasteiger partial charge in [0.1, 0.15) is 12.0 Å². The normalized spacial score (nSPS) is 11.1. The highest BCUT2D eigenvalue weighted by molar-refractivity contribution is 7.22. The Kier molecular flexibility index (Phi) is 4.83. The average molecular weight is 394 g/mol. The van der Waals surface area contributed by atoms with Gasteiger partial charge >= 0.3 is 5.97 Å². The van der Waals surface area contributed by atoms with E-state index in [1.54, 1.807) is 30.9 Å². The number of para-hydroxylation sites is 1. The molecule has 6 nitrogen and oxygen atoms in total. The first-order chi connectivity index (χ1) is 13.6. The lowest BCUT2D eigenvalue weighted by molar-refractivity contribution is 0.0527. The van der Waals surface area contributed by atoms with Crippen molar-refractivity contribution in [1.82, 2.24) is 9.55 Å². The minimum Gasteiger partial charge on any atom is -0.486 e. The number of thiophene rings is 1. The van der Waals surface area contributed by atoms with E-state index in [0.717, 1.165) is 21.2 Å². The number of hydrogen-bond acceptors (Lipinski definition) is 6. The zero-order valence-electron chi connectivity index (χ0n) is 15.5. The lowest BCUT2D eigenvalue weighted by atomic mass is 10.1. The van der Waals surface area contributed by atoms with Crippen LogP contribution in [0.25, 0.3) is 21.0 Å². The molecule has 0 unspecified atom stereocenters. The fraction of sp³-hybridized carbons (Fsp3) is 0.190. The van der Waals surface area contributed by atoms with Gasteiger partial charge in [-0.05, 0) is 30.7 Å². The van der Waals surface area contributed by atoms with E-state index in [2.05, 4.69) is 4.98 Å². The Morgan fingerprint density at radius 3 is 2.68 bits per heavy atom. The number of hydrogen-bond donors (Lipinski definition) is 0. The first kappa shape index (κ1) is 18.2. The lowest BCUT2D eigenvalue weighted by Crippen LogP contribution is -2.17. The van der Waals surface area contributed by atoms with Crippen molar-refractivity contribution in [3.63, 3.8) is 0 Å². The van der Waals surface area contributed by atoms with Crippen molar-refractivity contribution in [2.45, 2.75) is 13.5 Å². The number of carbonyl (C=O) groups excluding carboxylic acids is 1. The van der Waals surface area contributed by atoms with Crippen molar-refractivity contribution in [1.29, 1.82) is 0 Å². The smallest absolute Gasteiger partial charge is 0.352 e. The summed E-state index contributed by atoms with van der Waals surface area (Å²) in [5.74, 6) is -0.207. The van der Waals surface area contributed by atoms with Gasteiger partial charge in [-0.2, -0.15) is 0 Å². The number of carbonyl (C=O) groups is 1. The van der Waals surface area contributed by atoms with Gasteiger partial charge in [0.2, 0.25) is 0 Å². The molecular weight excluding hydrogens is 376 g/mol. The molecule has 4 aromatic rings. The van der Waals surface area contributed by atoms with Crippen LogP contribution in [0.1, 0.15) is 22.2 Å². The molecule has 0 saturated carbocycles. The van der Waals surface area contributed by atoms with Gasteiger partial charge in [-0.15, -0.1) is 11.3 Å². The summed E-state index contributed by atoms with van der Waals surface area (Å²) in [5, 5.41) is 1.30. The van der Waals surface area contributed by atoms with Gasteiger partial charge in [0.15, 0.2) is 10.6 Å². The fourth-order valence-corrected chi connectivity index (χ4v) is 4.30. The highest BCUT2D eigenvalue weighted by Crippen LogP contribution is 2.40. The van der Waals surface area contributed by atoms with Gasteiger partial charge in [0, 0.05) is 24.8 Å². The van der Waals surface area contributed by atoms with Crippen LogP contribution in [0.3, 0.4) is 0 Å². The molecule has 0 N–H and O–H groups in total. The van der Waals surface area contributed by atoms with Crippen LogP contribution in [-0.2, 0) is 18.4 Å². The number of benzene rings is 1. The Morgan fingerprint density at radius 2 is 1.93 bits per heavy atom. The molecule has 28 heavy (non-hydrogen) atoms. The average Bonchev–Trinajstić information content (AvgIpc) is 3.11. The maximum absolute atomic E-state index is 13.1. The standard InChI is InChI=1S/C21H18N2O4S/c1-3-26-21(25)19-17(27-12-13-8-10-22-11-9-13)16-18(28-19)14-6-4-5-7-15(14)23(2)20(16)24/h4-11H,3,12H2,1-2H3. The maximum atomic E-state index is 13.1. The molecule has 0 aliphatic heterocycles. The highest BCUT2D eigenvalue weighted by Gasteiger charge is 2.25. The van der Waals surface area contributed by atoms with Crippen LogP contribution in [0.15, 0.2) is 53.6 Å². The highest BCUT2D eigenvalue weighted by atomic mass is 32.1. The van der Waals surface area contributed by atoms with Crippen molar-refractivity contribution >= 4 is 38.3 Å². The Bertz CT molecular complexity index is 1230. The molecule has 3 aromatic heterocycles. The van der Waals surface area contributed by atoms with Gasteiger partial charge in [0.05, 0.1) is 16.8 Å². The van der Waals surface area contributed by atoms with E-state index in [-0.39, 0.29) is 24.5 Å². The second-order valence-electron chi connectivity index (χ2n) is 6.21. The molecule has 0 fully saturated rings. The number of aryl methyl sites for hydroxylation is 1. The summed E-state index contributed by atoms with van der Waals surface area (Å²) in [7, 11) is 1.72. The Hall–Kier alpha value is -3.19. The molecule has 142 valence electrons. The molecule has 0 bridgehead atoms. The predicted molar refractivity (Wildman–Crippen MR) is 109 cm³/mol. The number of nitrogens with zero attached hydrogens (tertiary/aromatic N) is 2. The van der Waals surface area contributed by atoms with E-state index < -0.39 is 5.97 Å². The zero-order valence-corrected chi connectivity index (χ0v) is 16.3. The number of pyridine rings is 2. The van der Waals surface area contributed by atoms with Gasteiger partial charge in [0.25, 0.3) is 5.56 Å². The molecule has 7 heteroatoms. The summed E-state index contributed by atoms with van der Waals surface area (Å²) in [4.78, 5) is 30.0. The van der Waals surface area contributed by atoms with E-state index in [1.165, 1.54) is 11.3 Å². The van der Waals surface area contributed by atoms with E-state index in [9.17, 15) is 9.59 Å². The number of aromatic nitrogens is 2. The molecule has 0 radical (unpaired) electrons. The van der Waals surface area contributed by atoms with Crippen molar-refractivity contribution < 1.29 is 14.3 Å². The van der Waals surface area contributed by atoms with E-state index >= 15 is 0 Å². The molecular formula is C21H18N2O4S. The van der Waals surface area contributed by atoms with E-state index in [0.29, 0.717) is 10.3 Å². The SMILES string of the molecule is CCOC(=O)c1sc2c(c1OCc1ccncc1)c(=O)n(C)c1ccccc21. The van der Waals surface area contributed by atoms with Crippen molar-refractivity contribution in [3.8, 4) is 5.75 Å². The summed E-state index contributed by atoms with van der Waals surface area (Å²) in [6.07, 6.45) is 3.34. The summed E-state index contributed by atoms with van der Waals surface area (Å²) < 4.78 is 13.5. The number of fused-ring (bicyclic) bond motifs is 3. The first-order valence-electron chi connectivity index (χ1n) is 8.84. The summed E-state index contributed by atoms with van der Waals surface area (Å²) in [5.41, 5.74) is 1.49. The summed E-state index contributed by atoms with van der Waals surface area (Å²) in [6.45, 7) is 2.21. The predicted octanol–water partition coefficient (Wildman–Crippen LogP) is 3.90. The van der Waals surface area contributed by atoms with Gasteiger partial charge in [-0.25, -0.2) is 4.79 Å². The van der Waals surface area contributed by atoms with Crippen LogP contribution >= 0.6 is 11.3 Å². The monoisotopic (exact) mass is 394 g/mol. The van der Waals surface area contributed by atoms with Gasteiger partial charge < -0.3 is 14.0 Å². The fourth-order valence-electron chi connectivity index (χ4n) is 3.14. The second kappa shape index (κ2) is 7.44. The molecule has 0 saturated heterocycles. The second-order valence-corrected chi connectivity index (χ2v) is 7.23. The largest absolute Gasteiger partial charge is 0.486 e. The maximum Gasteiger partial charge on any atom is 0.352 e. The third kappa shape index (κ3) is 3.03. The minimum absolute atomic E-state index is 0.203. The van der Waals surface area contributed by atoms with Crippen LogP contribution in [0.2, 0.25) is 0 Å². The molecule has 0 atom stereocenters. The molecule has 0 spiro atoms. The van der Waals surface area contributed by atoms with Crippen molar-refractivity contribution in [3.05, 3.63) is 69.6 Å². The van der Waals surface area contributed by atoms with Crippen molar-refractivity contribution in [2.75, 3.05) is 6.61 Å². The molecule has 4 rings (SSSR count). The van der Waals surface area contributed by atoms with Crippen LogP contribution in [-0.4, -0.2) is 22.1 Å². The Morgan fingerprint density at radius 1 is 1.18 bits per heavy atom. The number of ether oxygens (including phenoxy) is 2. The third-order valence-corrected chi connectivity index (χ3v) is 5.67. The summed E-state index contributed by atoms with van der Waals surface area (Å²) in [6, 6.07) is 11.3. The number of rotatable bonds is 5. The topological polar surface area (TPSA) is 70.4 Å². The third-order valence-electron chi connectivity index (χ3n) is 4.49. The van der Waals surface area contributed by atoms with Crippen LogP contribution in [0.4, 0.5) is 0 Å². The van der Waals surface area contributed by atoms with E-state index in [1.807, 2.05) is 36.4 Å².